The first kappa shape index (κ1) is 40.9. The fourth-order valence-corrected chi connectivity index (χ4v) is 5.76. The lowest BCUT2D eigenvalue weighted by Gasteiger charge is -2.16. The van der Waals surface area contributed by atoms with Crippen LogP contribution in [-0.2, 0) is 19.1 Å². The maximum atomic E-state index is 12.2. The van der Waals surface area contributed by atoms with Crippen LogP contribution in [0, 0.1) is 0 Å². The summed E-state index contributed by atoms with van der Waals surface area (Å²) in [7, 11) is 0. The van der Waals surface area contributed by atoms with Crippen LogP contribution in [0.1, 0.15) is 198 Å². The molecule has 5 heteroatoms. The number of ether oxygens (including phenoxy) is 2. The summed E-state index contributed by atoms with van der Waals surface area (Å²) < 4.78 is 11.0. The van der Waals surface area contributed by atoms with Crippen molar-refractivity contribution in [2.45, 2.75) is 193 Å². The SMILES string of the molecule is CCCCCCCCCCCCCCCC(=O)O[C@@H](CC)COC(=O)CCCCCCCCCCCCC(=O)c1ccccc1. The van der Waals surface area contributed by atoms with Gasteiger partial charge in [-0.2, -0.15) is 0 Å². The molecule has 0 saturated heterocycles. The highest BCUT2D eigenvalue weighted by Gasteiger charge is 2.15. The van der Waals surface area contributed by atoms with Crippen molar-refractivity contribution in [2.75, 3.05) is 6.61 Å². The van der Waals surface area contributed by atoms with Crippen LogP contribution in [-0.4, -0.2) is 30.4 Å². The summed E-state index contributed by atoms with van der Waals surface area (Å²) in [4.78, 5) is 36.5. The van der Waals surface area contributed by atoms with Gasteiger partial charge in [-0.1, -0.05) is 173 Å². The molecule has 0 aromatic heterocycles. The number of carbonyl (C=O) groups excluding carboxylic acids is 3. The molecule has 0 N–H and O–H groups in total. The fraction of sp³-hybridized carbons (Fsp3) is 0.775. The monoisotopic (exact) mass is 629 g/mol. The van der Waals surface area contributed by atoms with Crippen LogP contribution in [0.25, 0.3) is 0 Å². The third kappa shape index (κ3) is 25.7. The predicted octanol–water partition coefficient (Wildman–Crippen LogP) is 11.9. The summed E-state index contributed by atoms with van der Waals surface area (Å²) in [6.07, 6.45) is 29.8. The Morgan fingerprint density at radius 3 is 1.36 bits per heavy atom. The van der Waals surface area contributed by atoms with Crippen LogP contribution in [0.2, 0.25) is 0 Å². The van der Waals surface area contributed by atoms with Crippen molar-refractivity contribution in [3.63, 3.8) is 0 Å². The maximum absolute atomic E-state index is 12.2. The normalized spacial score (nSPS) is 11.8. The molecule has 0 fully saturated rings. The van der Waals surface area contributed by atoms with E-state index in [0.717, 1.165) is 50.5 Å². The zero-order valence-electron chi connectivity index (χ0n) is 29.3. The molecule has 1 aromatic carbocycles. The highest BCUT2D eigenvalue weighted by molar-refractivity contribution is 5.95. The number of benzene rings is 1. The maximum Gasteiger partial charge on any atom is 0.306 e. The van der Waals surface area contributed by atoms with E-state index < -0.39 is 0 Å². The molecule has 1 aromatic rings. The van der Waals surface area contributed by atoms with Gasteiger partial charge in [0.1, 0.15) is 12.7 Å². The summed E-state index contributed by atoms with van der Waals surface area (Å²) >= 11 is 0. The molecule has 45 heavy (non-hydrogen) atoms. The van der Waals surface area contributed by atoms with E-state index in [1.807, 2.05) is 37.3 Å². The van der Waals surface area contributed by atoms with Gasteiger partial charge < -0.3 is 9.47 Å². The zero-order valence-corrected chi connectivity index (χ0v) is 29.3. The molecule has 1 atom stereocenters. The van der Waals surface area contributed by atoms with Crippen molar-refractivity contribution in [3.8, 4) is 0 Å². The second-order valence-corrected chi connectivity index (χ2v) is 13.0. The molecule has 1 rings (SSSR count). The first-order valence-electron chi connectivity index (χ1n) is 19.0. The minimum atomic E-state index is -0.340. The smallest absolute Gasteiger partial charge is 0.306 e. The van der Waals surface area contributed by atoms with Gasteiger partial charge in [0.25, 0.3) is 0 Å². The lowest BCUT2D eigenvalue weighted by molar-refractivity contribution is -0.159. The second kappa shape index (κ2) is 30.5. The van der Waals surface area contributed by atoms with Crippen molar-refractivity contribution >= 4 is 17.7 Å². The Kier molecular flexibility index (Phi) is 27.7. The number of Topliss-reactive ketones (excluding diaryl/α,β-unsaturated/α-hetero) is 1. The van der Waals surface area contributed by atoms with Gasteiger partial charge in [0.2, 0.25) is 0 Å². The van der Waals surface area contributed by atoms with Crippen LogP contribution < -0.4 is 0 Å². The number of hydrogen-bond acceptors (Lipinski definition) is 5. The van der Waals surface area contributed by atoms with E-state index in [4.69, 9.17) is 9.47 Å². The average molecular weight is 629 g/mol. The second-order valence-electron chi connectivity index (χ2n) is 13.0. The van der Waals surface area contributed by atoms with E-state index in [9.17, 15) is 14.4 Å². The van der Waals surface area contributed by atoms with E-state index in [0.29, 0.717) is 25.7 Å². The third-order valence-electron chi connectivity index (χ3n) is 8.80. The molecule has 0 saturated carbocycles. The van der Waals surface area contributed by atoms with Gasteiger partial charge in [0.05, 0.1) is 0 Å². The molecular weight excluding hydrogens is 560 g/mol. The van der Waals surface area contributed by atoms with Crippen molar-refractivity contribution in [2.24, 2.45) is 0 Å². The third-order valence-corrected chi connectivity index (χ3v) is 8.80. The first-order valence-corrected chi connectivity index (χ1v) is 19.0. The van der Waals surface area contributed by atoms with Gasteiger partial charge in [-0.3, -0.25) is 14.4 Å². The minimum Gasteiger partial charge on any atom is -0.462 e. The Labute approximate surface area is 277 Å². The summed E-state index contributed by atoms with van der Waals surface area (Å²) in [5.41, 5.74) is 0.826. The fourth-order valence-electron chi connectivity index (χ4n) is 5.76. The van der Waals surface area contributed by atoms with E-state index in [-0.39, 0.29) is 30.4 Å². The molecule has 5 nitrogen and oxygen atoms in total. The predicted molar refractivity (Wildman–Crippen MR) is 188 cm³/mol. The van der Waals surface area contributed by atoms with Gasteiger partial charge in [0, 0.05) is 24.8 Å². The number of rotatable bonds is 32. The van der Waals surface area contributed by atoms with Gasteiger partial charge >= 0.3 is 11.9 Å². The molecule has 0 amide bonds. The van der Waals surface area contributed by atoms with E-state index in [1.54, 1.807) is 0 Å². The average Bonchev–Trinajstić information content (AvgIpc) is 3.05. The molecule has 258 valence electrons. The zero-order chi connectivity index (χ0) is 32.6. The van der Waals surface area contributed by atoms with Gasteiger partial charge in [-0.15, -0.1) is 0 Å². The van der Waals surface area contributed by atoms with E-state index >= 15 is 0 Å². The number of hydrogen-bond donors (Lipinski definition) is 0. The lowest BCUT2D eigenvalue weighted by Crippen LogP contribution is -2.24. The lowest BCUT2D eigenvalue weighted by atomic mass is 10.0. The van der Waals surface area contributed by atoms with Crippen molar-refractivity contribution in [3.05, 3.63) is 35.9 Å². The Hall–Kier alpha value is -2.17. The molecule has 0 aliphatic heterocycles. The standard InChI is InChI=1S/C40H68O5/c1-3-5-6-7-8-9-10-11-12-17-20-23-29-34-40(43)45-37(4-2)35-44-39(42)33-28-22-19-16-14-13-15-18-21-27-32-38(41)36-30-25-24-26-31-36/h24-26,30-31,37H,3-23,27-29,32-35H2,1-2H3/t37-/m0/s1. The summed E-state index contributed by atoms with van der Waals surface area (Å²) in [6, 6.07) is 9.57. The highest BCUT2D eigenvalue weighted by atomic mass is 16.6. The van der Waals surface area contributed by atoms with Crippen molar-refractivity contribution in [1.82, 2.24) is 0 Å². The highest BCUT2D eigenvalue weighted by Crippen LogP contribution is 2.15. The first-order chi connectivity index (χ1) is 22.1. The van der Waals surface area contributed by atoms with Gasteiger partial charge in [-0.25, -0.2) is 0 Å². The summed E-state index contributed by atoms with van der Waals surface area (Å²) in [5, 5.41) is 0. The minimum absolute atomic E-state index is 0.167. The Balaban J connectivity index is 1.88. The van der Waals surface area contributed by atoms with E-state index in [1.165, 1.54) is 103 Å². The molecule has 0 bridgehead atoms. The molecule has 0 aliphatic rings. The van der Waals surface area contributed by atoms with Crippen LogP contribution in [0.15, 0.2) is 30.3 Å². The van der Waals surface area contributed by atoms with Gasteiger partial charge in [-0.05, 0) is 25.7 Å². The molecule has 0 heterocycles. The number of carbonyl (C=O) groups is 3. The molecule has 0 unspecified atom stereocenters. The van der Waals surface area contributed by atoms with Crippen molar-refractivity contribution < 1.29 is 23.9 Å². The summed E-state index contributed by atoms with van der Waals surface area (Å²) in [6.45, 7) is 4.39. The van der Waals surface area contributed by atoms with Crippen LogP contribution >= 0.6 is 0 Å². The Morgan fingerprint density at radius 1 is 0.511 bits per heavy atom. The van der Waals surface area contributed by atoms with E-state index in [2.05, 4.69) is 6.92 Å². The van der Waals surface area contributed by atoms with Crippen LogP contribution in [0.3, 0.4) is 0 Å². The molecule has 0 radical (unpaired) electrons. The number of ketones is 1. The topological polar surface area (TPSA) is 69.7 Å². The number of esters is 2. The van der Waals surface area contributed by atoms with Crippen LogP contribution in [0.5, 0.6) is 0 Å². The quantitative estimate of drug-likeness (QED) is 0.0451. The molecular formula is C40H68O5. The summed E-state index contributed by atoms with van der Waals surface area (Å²) in [5.74, 6) is -0.102. The van der Waals surface area contributed by atoms with Crippen LogP contribution in [0.4, 0.5) is 0 Å². The molecule has 0 spiro atoms. The largest absolute Gasteiger partial charge is 0.462 e. The van der Waals surface area contributed by atoms with Gasteiger partial charge in [0.15, 0.2) is 5.78 Å². The van der Waals surface area contributed by atoms with Crippen molar-refractivity contribution in [1.29, 1.82) is 0 Å². The Bertz CT molecular complexity index is 836. The molecule has 0 aliphatic carbocycles. The number of unbranched alkanes of at least 4 members (excludes halogenated alkanes) is 21. The Morgan fingerprint density at radius 2 is 0.911 bits per heavy atom.